The van der Waals surface area contributed by atoms with E-state index in [0.717, 1.165) is 25.1 Å². The average Bonchev–Trinajstić information content (AvgIpc) is 3.32. The van der Waals surface area contributed by atoms with Gasteiger partial charge in [-0.2, -0.15) is 5.10 Å². The summed E-state index contributed by atoms with van der Waals surface area (Å²) in [5, 5.41) is 14.1. The van der Waals surface area contributed by atoms with Crippen molar-refractivity contribution in [2.75, 3.05) is 18.5 Å². The fourth-order valence-corrected chi connectivity index (χ4v) is 2.99. The van der Waals surface area contributed by atoms with Gasteiger partial charge in [0.2, 0.25) is 5.91 Å². The molecule has 2 N–H and O–H groups in total. The number of aromatic nitrogens is 3. The van der Waals surface area contributed by atoms with Crippen LogP contribution in [0.3, 0.4) is 0 Å². The van der Waals surface area contributed by atoms with Crippen LogP contribution in [0.1, 0.15) is 37.7 Å². The molecule has 136 valence electrons. The summed E-state index contributed by atoms with van der Waals surface area (Å²) in [6, 6.07) is 1.35. The minimum atomic E-state index is -0.336. The number of hydrogen-bond acceptors (Lipinski definition) is 6. The Kier molecular flexibility index (Phi) is 5.50. The van der Waals surface area contributed by atoms with E-state index in [-0.39, 0.29) is 18.1 Å². The Labute approximate surface area is 146 Å². The molecule has 3 unspecified atom stereocenters. The minimum Gasteiger partial charge on any atom is -0.373 e. The van der Waals surface area contributed by atoms with Crippen LogP contribution in [-0.4, -0.2) is 40.0 Å². The van der Waals surface area contributed by atoms with Gasteiger partial charge in [0.15, 0.2) is 5.82 Å². The van der Waals surface area contributed by atoms with E-state index >= 15 is 0 Å². The largest absolute Gasteiger partial charge is 0.373 e. The molecule has 8 heteroatoms. The van der Waals surface area contributed by atoms with Crippen molar-refractivity contribution in [1.29, 1.82) is 0 Å². The highest BCUT2D eigenvalue weighted by Gasteiger charge is 2.31. The maximum atomic E-state index is 12.2. The van der Waals surface area contributed by atoms with E-state index < -0.39 is 0 Å². The molecule has 1 fully saturated rings. The van der Waals surface area contributed by atoms with Crippen LogP contribution in [0.2, 0.25) is 0 Å². The van der Waals surface area contributed by atoms with E-state index in [1.54, 1.807) is 13.0 Å². The molecule has 3 heterocycles. The summed E-state index contributed by atoms with van der Waals surface area (Å²) in [6.45, 7) is 7.95. The lowest BCUT2D eigenvalue weighted by Crippen LogP contribution is -2.40. The van der Waals surface area contributed by atoms with Gasteiger partial charge >= 0.3 is 0 Å². The van der Waals surface area contributed by atoms with Gasteiger partial charge < -0.3 is 19.9 Å². The first-order valence-corrected chi connectivity index (χ1v) is 8.68. The number of carbonyl (C=O) groups is 1. The zero-order valence-corrected chi connectivity index (χ0v) is 14.9. The molecule has 2 aromatic rings. The second-order valence-corrected chi connectivity index (χ2v) is 6.41. The number of ether oxygens (including phenoxy) is 1. The summed E-state index contributed by atoms with van der Waals surface area (Å²) in [7, 11) is 0. The third kappa shape index (κ3) is 4.26. The Morgan fingerprint density at radius 3 is 3.04 bits per heavy atom. The SMILES string of the molecule is CCn1cc(C2OCCC2CNC(C)C(=O)Nc2cc(C)on2)cn1. The van der Waals surface area contributed by atoms with Gasteiger partial charge in [0.1, 0.15) is 5.76 Å². The number of anilines is 1. The third-order valence-electron chi connectivity index (χ3n) is 4.48. The van der Waals surface area contributed by atoms with Gasteiger partial charge in [0, 0.05) is 43.4 Å². The van der Waals surface area contributed by atoms with E-state index in [9.17, 15) is 4.79 Å². The van der Waals surface area contributed by atoms with Gasteiger partial charge in [-0.15, -0.1) is 0 Å². The first-order chi connectivity index (χ1) is 12.1. The van der Waals surface area contributed by atoms with Gasteiger partial charge in [-0.3, -0.25) is 9.48 Å². The van der Waals surface area contributed by atoms with Crippen molar-refractivity contribution in [3.8, 4) is 0 Å². The van der Waals surface area contributed by atoms with Gasteiger partial charge in [0.25, 0.3) is 0 Å². The Hall–Kier alpha value is -2.19. The lowest BCUT2D eigenvalue weighted by Gasteiger charge is -2.20. The number of nitrogens with one attached hydrogen (secondary N) is 2. The predicted molar refractivity (Wildman–Crippen MR) is 92.0 cm³/mol. The standard InChI is InChI=1S/C17H25N5O3/c1-4-22-10-14(9-19-22)16-13(5-6-24-16)8-18-12(3)17(23)20-15-7-11(2)25-21-15/h7,9-10,12-13,16,18H,4-6,8H2,1-3H3,(H,20,21,23). The molecule has 1 amide bonds. The molecule has 0 radical (unpaired) electrons. The number of rotatable bonds is 7. The summed E-state index contributed by atoms with van der Waals surface area (Å²) in [5.41, 5.74) is 1.10. The second-order valence-electron chi connectivity index (χ2n) is 6.41. The van der Waals surface area contributed by atoms with Crippen LogP contribution in [0.15, 0.2) is 23.0 Å². The van der Waals surface area contributed by atoms with Crippen molar-refractivity contribution in [2.24, 2.45) is 5.92 Å². The van der Waals surface area contributed by atoms with Crippen molar-refractivity contribution in [1.82, 2.24) is 20.3 Å². The Balaban J connectivity index is 1.52. The molecule has 0 aromatic carbocycles. The minimum absolute atomic E-state index is 0.0289. The second kappa shape index (κ2) is 7.79. The lowest BCUT2D eigenvalue weighted by molar-refractivity contribution is -0.117. The van der Waals surface area contributed by atoms with Crippen LogP contribution in [0.4, 0.5) is 5.82 Å². The summed E-state index contributed by atoms with van der Waals surface area (Å²) in [4.78, 5) is 12.2. The third-order valence-corrected chi connectivity index (χ3v) is 4.48. The Morgan fingerprint density at radius 1 is 1.52 bits per heavy atom. The summed E-state index contributed by atoms with van der Waals surface area (Å²) >= 11 is 0. The summed E-state index contributed by atoms with van der Waals surface area (Å²) in [6.07, 6.45) is 4.90. The molecule has 0 spiro atoms. The van der Waals surface area contributed by atoms with Crippen LogP contribution in [0.25, 0.3) is 0 Å². The van der Waals surface area contributed by atoms with Crippen molar-refractivity contribution in [2.45, 2.75) is 45.9 Å². The van der Waals surface area contributed by atoms with Crippen molar-refractivity contribution < 1.29 is 14.1 Å². The Morgan fingerprint density at radius 2 is 2.36 bits per heavy atom. The Bertz CT molecular complexity index is 711. The lowest BCUT2D eigenvalue weighted by atomic mass is 9.97. The van der Waals surface area contributed by atoms with Gasteiger partial charge in [-0.1, -0.05) is 5.16 Å². The fourth-order valence-electron chi connectivity index (χ4n) is 2.99. The molecule has 8 nitrogen and oxygen atoms in total. The van der Waals surface area contributed by atoms with Gasteiger partial charge in [0.05, 0.1) is 18.3 Å². The van der Waals surface area contributed by atoms with Crippen LogP contribution in [-0.2, 0) is 16.1 Å². The van der Waals surface area contributed by atoms with Crippen molar-refractivity contribution in [3.63, 3.8) is 0 Å². The molecule has 2 aromatic heterocycles. The van der Waals surface area contributed by atoms with Crippen LogP contribution in [0.5, 0.6) is 0 Å². The molecule has 3 atom stereocenters. The molecular formula is C17H25N5O3. The molecule has 25 heavy (non-hydrogen) atoms. The molecular weight excluding hydrogens is 322 g/mol. The maximum Gasteiger partial charge on any atom is 0.242 e. The van der Waals surface area contributed by atoms with Crippen LogP contribution < -0.4 is 10.6 Å². The van der Waals surface area contributed by atoms with Crippen molar-refractivity contribution >= 4 is 11.7 Å². The average molecular weight is 347 g/mol. The van der Waals surface area contributed by atoms with Crippen LogP contribution in [0, 0.1) is 12.8 Å². The number of nitrogens with zero attached hydrogens (tertiary/aromatic N) is 3. The van der Waals surface area contributed by atoms with E-state index in [4.69, 9.17) is 9.26 Å². The van der Waals surface area contributed by atoms with E-state index in [1.807, 2.05) is 24.0 Å². The number of amides is 1. The number of aryl methyl sites for hydroxylation is 2. The highest BCUT2D eigenvalue weighted by Crippen LogP contribution is 2.33. The van der Waals surface area contributed by atoms with Crippen molar-refractivity contribution in [3.05, 3.63) is 29.8 Å². The topological polar surface area (TPSA) is 94.2 Å². The van der Waals surface area contributed by atoms with Gasteiger partial charge in [-0.25, -0.2) is 0 Å². The van der Waals surface area contributed by atoms with Crippen LogP contribution >= 0.6 is 0 Å². The molecule has 0 bridgehead atoms. The molecule has 1 saturated heterocycles. The zero-order valence-electron chi connectivity index (χ0n) is 14.9. The number of carbonyl (C=O) groups excluding carboxylic acids is 1. The summed E-state index contributed by atoms with van der Waals surface area (Å²) in [5.74, 6) is 1.28. The van der Waals surface area contributed by atoms with E-state index in [1.165, 1.54) is 0 Å². The first-order valence-electron chi connectivity index (χ1n) is 8.68. The quantitative estimate of drug-likeness (QED) is 0.794. The summed E-state index contributed by atoms with van der Waals surface area (Å²) < 4.78 is 12.7. The van der Waals surface area contributed by atoms with E-state index in [0.29, 0.717) is 24.0 Å². The predicted octanol–water partition coefficient (Wildman–Crippen LogP) is 1.89. The molecule has 0 saturated carbocycles. The zero-order chi connectivity index (χ0) is 17.8. The maximum absolute atomic E-state index is 12.2. The first kappa shape index (κ1) is 17.6. The normalized spacial score (nSPS) is 21.4. The van der Waals surface area contributed by atoms with E-state index in [2.05, 4.69) is 27.8 Å². The highest BCUT2D eigenvalue weighted by molar-refractivity contribution is 5.93. The molecule has 1 aliphatic heterocycles. The molecule has 1 aliphatic rings. The monoisotopic (exact) mass is 347 g/mol. The fraction of sp³-hybridized carbons (Fsp3) is 0.588. The molecule has 3 rings (SSSR count). The van der Waals surface area contributed by atoms with Gasteiger partial charge in [-0.05, 0) is 27.2 Å². The smallest absolute Gasteiger partial charge is 0.242 e. The highest BCUT2D eigenvalue weighted by atomic mass is 16.5. The molecule has 0 aliphatic carbocycles. The number of hydrogen-bond donors (Lipinski definition) is 2.